The Bertz CT molecular complexity index is 2360. The third kappa shape index (κ3) is 9.34. The number of imide groups is 2. The molecule has 4 N–H and O–H groups in total. The molecule has 4 aromatic rings. The van der Waals surface area contributed by atoms with E-state index < -0.39 is 29.7 Å². The van der Waals surface area contributed by atoms with Crippen LogP contribution in [-0.4, -0.2) is 104 Å². The first kappa shape index (κ1) is 43.5. The number of fused-ring (bicyclic) bond motifs is 2. The highest BCUT2D eigenvalue weighted by molar-refractivity contribution is 6.25. The molecule has 1 unspecified atom stereocenters. The molecule has 3 aliphatic heterocycles. The number of aromatic nitrogens is 5. The standard InChI is InChI=1S/C44H54N12O6/c1-5-54-26-48-52-40(54)32-15-12-16-35(49-32)55-25-30-29(42(55)60)23-36(53(4)27(2)3)50-33(30)24-45-21-22-47-37(57)17-9-7-6-8-10-20-46-31-14-11-13-28-39(31)44(62)56(43(28)61)34-18-19-38(58)51-41(34)59/h11-16,23,26-27,34,45-46H,5-10,17-22,24-25H2,1-4H3,(H,47,57)(H,51,58,59). The summed E-state index contributed by atoms with van der Waals surface area (Å²) in [6, 6.07) is 11.6. The number of rotatable bonds is 20. The average Bonchev–Trinajstić information content (AvgIpc) is 3.95. The summed E-state index contributed by atoms with van der Waals surface area (Å²) >= 11 is 0. The van der Waals surface area contributed by atoms with Crippen LogP contribution in [-0.2, 0) is 34.0 Å². The van der Waals surface area contributed by atoms with Crippen LogP contribution in [0.1, 0.15) is 114 Å². The predicted octanol–water partition coefficient (Wildman–Crippen LogP) is 3.82. The Morgan fingerprint density at radius 3 is 2.50 bits per heavy atom. The number of carbonyl (C=O) groups excluding carboxylic acids is 6. The van der Waals surface area contributed by atoms with Gasteiger partial charge in [-0.1, -0.05) is 31.4 Å². The maximum absolute atomic E-state index is 13.9. The molecule has 1 saturated heterocycles. The normalized spacial score (nSPS) is 16.0. The number of pyridine rings is 2. The van der Waals surface area contributed by atoms with Gasteiger partial charge in [0.25, 0.3) is 17.7 Å². The number of carbonyl (C=O) groups is 6. The van der Waals surface area contributed by atoms with Crippen LogP contribution in [0.3, 0.4) is 0 Å². The number of nitrogens with zero attached hydrogens (tertiary/aromatic N) is 8. The van der Waals surface area contributed by atoms with E-state index in [4.69, 9.17) is 9.97 Å². The molecule has 6 amide bonds. The second-order valence-corrected chi connectivity index (χ2v) is 16.0. The number of hydrogen-bond acceptors (Lipinski definition) is 13. The highest BCUT2D eigenvalue weighted by atomic mass is 16.2. The number of amides is 6. The molecule has 1 aromatic carbocycles. The Balaban J connectivity index is 0.825. The van der Waals surface area contributed by atoms with Gasteiger partial charge in [-0.15, -0.1) is 10.2 Å². The number of unbranched alkanes of at least 4 members (excludes halogenated alkanes) is 4. The van der Waals surface area contributed by atoms with Crippen LogP contribution in [0.5, 0.6) is 0 Å². The number of nitrogens with one attached hydrogen (secondary N) is 4. The largest absolute Gasteiger partial charge is 0.384 e. The molecular formula is C44H54N12O6. The number of piperidine rings is 1. The minimum atomic E-state index is -1.01. The van der Waals surface area contributed by atoms with Crippen molar-refractivity contribution >= 4 is 52.8 Å². The van der Waals surface area contributed by atoms with Crippen LogP contribution < -0.4 is 31.1 Å². The average molecular weight is 847 g/mol. The zero-order valence-electron chi connectivity index (χ0n) is 35.7. The summed E-state index contributed by atoms with van der Waals surface area (Å²) in [5.41, 5.74) is 3.89. The van der Waals surface area contributed by atoms with Gasteiger partial charge >= 0.3 is 0 Å². The van der Waals surface area contributed by atoms with E-state index in [1.54, 1.807) is 29.4 Å². The lowest BCUT2D eigenvalue weighted by atomic mass is 10.0. The molecule has 62 heavy (non-hydrogen) atoms. The van der Waals surface area contributed by atoms with Gasteiger partial charge in [0.2, 0.25) is 17.7 Å². The minimum Gasteiger partial charge on any atom is -0.384 e. The van der Waals surface area contributed by atoms with Crippen LogP contribution in [0, 0.1) is 0 Å². The molecule has 0 spiro atoms. The highest BCUT2D eigenvalue weighted by Gasteiger charge is 2.45. The van der Waals surface area contributed by atoms with Crippen LogP contribution >= 0.6 is 0 Å². The molecule has 1 atom stereocenters. The Kier molecular flexibility index (Phi) is 13.6. The van der Waals surface area contributed by atoms with Crippen molar-refractivity contribution in [1.29, 1.82) is 0 Å². The second kappa shape index (κ2) is 19.4. The Hall–Kier alpha value is -6.56. The van der Waals surface area contributed by atoms with Gasteiger partial charge in [-0.2, -0.15) is 0 Å². The van der Waals surface area contributed by atoms with Crippen LogP contribution in [0.4, 0.5) is 17.3 Å². The number of anilines is 3. The molecule has 0 aliphatic carbocycles. The maximum atomic E-state index is 13.9. The van der Waals surface area contributed by atoms with Gasteiger partial charge < -0.3 is 25.4 Å². The summed E-state index contributed by atoms with van der Waals surface area (Å²) in [6.07, 6.45) is 6.61. The van der Waals surface area contributed by atoms with Gasteiger partial charge in [-0.05, 0) is 70.4 Å². The summed E-state index contributed by atoms with van der Waals surface area (Å²) < 4.78 is 1.90. The van der Waals surface area contributed by atoms with E-state index in [0.29, 0.717) is 80.1 Å². The fraction of sp³-hybridized carbons (Fsp3) is 0.455. The third-order valence-electron chi connectivity index (χ3n) is 11.6. The number of benzene rings is 1. The van der Waals surface area contributed by atoms with Crippen molar-refractivity contribution in [1.82, 2.24) is 45.6 Å². The number of hydrogen-bond donors (Lipinski definition) is 4. The third-order valence-corrected chi connectivity index (χ3v) is 11.6. The van der Waals surface area contributed by atoms with Crippen molar-refractivity contribution in [3.8, 4) is 11.5 Å². The first-order chi connectivity index (χ1) is 30.0. The van der Waals surface area contributed by atoms with E-state index in [-0.39, 0.29) is 41.8 Å². The Morgan fingerprint density at radius 1 is 0.919 bits per heavy atom. The molecule has 1 fully saturated rings. The van der Waals surface area contributed by atoms with Gasteiger partial charge in [-0.25, -0.2) is 9.97 Å². The maximum Gasteiger partial charge on any atom is 0.264 e. The molecule has 18 heteroatoms. The molecule has 0 bridgehead atoms. The van der Waals surface area contributed by atoms with E-state index in [1.165, 1.54) is 0 Å². The topological polar surface area (TPSA) is 217 Å². The minimum absolute atomic E-state index is 0.00954. The van der Waals surface area contributed by atoms with Crippen molar-refractivity contribution in [2.75, 3.05) is 41.8 Å². The quantitative estimate of drug-likeness (QED) is 0.0736. The summed E-state index contributed by atoms with van der Waals surface area (Å²) in [5.74, 6) is -0.386. The summed E-state index contributed by atoms with van der Waals surface area (Å²) in [4.78, 5) is 91.4. The van der Waals surface area contributed by atoms with Gasteiger partial charge in [0.15, 0.2) is 5.82 Å². The van der Waals surface area contributed by atoms with Crippen molar-refractivity contribution < 1.29 is 28.8 Å². The van der Waals surface area contributed by atoms with E-state index in [1.807, 2.05) is 47.7 Å². The molecule has 0 radical (unpaired) electrons. The van der Waals surface area contributed by atoms with Gasteiger partial charge in [0, 0.05) is 69.9 Å². The highest BCUT2D eigenvalue weighted by Crippen LogP contribution is 2.34. The molecule has 3 aromatic heterocycles. The molecule has 0 saturated carbocycles. The van der Waals surface area contributed by atoms with Crippen molar-refractivity contribution in [3.05, 3.63) is 76.7 Å². The van der Waals surface area contributed by atoms with E-state index in [0.717, 1.165) is 48.3 Å². The van der Waals surface area contributed by atoms with E-state index >= 15 is 0 Å². The molecule has 6 heterocycles. The summed E-state index contributed by atoms with van der Waals surface area (Å²) in [7, 11) is 1.96. The lowest BCUT2D eigenvalue weighted by Crippen LogP contribution is -2.54. The van der Waals surface area contributed by atoms with Crippen LogP contribution in [0.25, 0.3) is 11.5 Å². The summed E-state index contributed by atoms with van der Waals surface area (Å²) in [6.45, 7) is 9.16. The molecule has 18 nitrogen and oxygen atoms in total. The summed E-state index contributed by atoms with van der Waals surface area (Å²) in [5, 5.41) is 20.2. The van der Waals surface area contributed by atoms with Gasteiger partial charge in [0.05, 0.1) is 28.9 Å². The SMILES string of the molecule is CCn1cnnc1-c1cccc(N2Cc3c(cc(N(C)C(C)C)nc3CNCCNC(=O)CCCCCCCNc3cccc4c3C(=O)N(C3CCC(=O)NC3=O)C4=O)C2=O)n1. The molecule has 7 rings (SSSR count). The van der Waals surface area contributed by atoms with Gasteiger partial charge in [0.1, 0.15) is 29.7 Å². The van der Waals surface area contributed by atoms with Crippen molar-refractivity contribution in [2.45, 2.75) is 104 Å². The first-order valence-electron chi connectivity index (χ1n) is 21.4. The lowest BCUT2D eigenvalue weighted by molar-refractivity contribution is -0.136. The zero-order chi connectivity index (χ0) is 43.9. The lowest BCUT2D eigenvalue weighted by Gasteiger charge is -2.27. The Labute approximate surface area is 360 Å². The number of aryl methyl sites for hydroxylation is 1. The first-order valence-corrected chi connectivity index (χ1v) is 21.4. The van der Waals surface area contributed by atoms with E-state index in [9.17, 15) is 28.8 Å². The second-order valence-electron chi connectivity index (χ2n) is 16.0. The monoisotopic (exact) mass is 846 g/mol. The van der Waals surface area contributed by atoms with Gasteiger partial charge in [-0.3, -0.25) is 43.9 Å². The Morgan fingerprint density at radius 2 is 1.71 bits per heavy atom. The molecule has 3 aliphatic rings. The van der Waals surface area contributed by atoms with E-state index in [2.05, 4.69) is 45.3 Å². The zero-order valence-corrected chi connectivity index (χ0v) is 35.7. The fourth-order valence-corrected chi connectivity index (χ4v) is 7.92. The van der Waals surface area contributed by atoms with Crippen molar-refractivity contribution in [3.63, 3.8) is 0 Å². The van der Waals surface area contributed by atoms with Crippen LogP contribution in [0.2, 0.25) is 0 Å². The smallest absolute Gasteiger partial charge is 0.264 e. The fourth-order valence-electron chi connectivity index (χ4n) is 7.92. The van der Waals surface area contributed by atoms with Crippen molar-refractivity contribution in [2.24, 2.45) is 0 Å². The molecule has 326 valence electrons. The molecular weight excluding hydrogens is 793 g/mol. The predicted molar refractivity (Wildman–Crippen MR) is 231 cm³/mol. The van der Waals surface area contributed by atoms with Crippen LogP contribution in [0.15, 0.2) is 48.8 Å².